The zero-order chi connectivity index (χ0) is 14.1. The van der Waals surface area contributed by atoms with E-state index in [-0.39, 0.29) is 5.69 Å². The number of carbonyl (C=O) groups is 1. The van der Waals surface area contributed by atoms with Crippen molar-refractivity contribution in [3.63, 3.8) is 0 Å². The molecule has 0 fully saturated rings. The molecule has 1 aromatic heterocycles. The molecule has 0 atom stereocenters. The van der Waals surface area contributed by atoms with Crippen LogP contribution in [-0.4, -0.2) is 47.1 Å². The number of rotatable bonds is 3. The van der Waals surface area contributed by atoms with E-state index in [1.807, 2.05) is 31.3 Å². The Labute approximate surface area is 115 Å². The number of aliphatic imine (C=N–C) groups is 1. The first-order valence-corrected chi connectivity index (χ1v) is 6.21. The van der Waals surface area contributed by atoms with Crippen molar-refractivity contribution in [1.82, 2.24) is 10.1 Å². The van der Waals surface area contributed by atoms with E-state index in [1.54, 1.807) is 0 Å². The van der Waals surface area contributed by atoms with Crippen molar-refractivity contribution in [3.05, 3.63) is 41.6 Å². The summed E-state index contributed by atoms with van der Waals surface area (Å²) in [5, 5.41) is 12.3. The van der Waals surface area contributed by atoms with Gasteiger partial charge in [0.1, 0.15) is 5.84 Å². The van der Waals surface area contributed by atoms with Gasteiger partial charge in [0.05, 0.1) is 6.54 Å². The molecule has 0 saturated carbocycles. The summed E-state index contributed by atoms with van der Waals surface area (Å²) in [5.41, 5.74) is 1.73. The van der Waals surface area contributed by atoms with E-state index in [0.29, 0.717) is 5.76 Å². The molecule has 6 nitrogen and oxygen atoms in total. The van der Waals surface area contributed by atoms with Crippen molar-refractivity contribution in [3.8, 4) is 11.3 Å². The molecule has 0 amide bonds. The van der Waals surface area contributed by atoms with Crippen molar-refractivity contribution in [2.75, 3.05) is 20.1 Å². The van der Waals surface area contributed by atoms with Crippen molar-refractivity contribution in [2.24, 2.45) is 4.99 Å². The molecule has 6 heteroatoms. The largest absolute Gasteiger partial charge is 0.476 e. The lowest BCUT2D eigenvalue weighted by molar-refractivity contribution is 0.0686. The Kier molecular flexibility index (Phi) is 2.98. The van der Waals surface area contributed by atoms with Gasteiger partial charge in [0, 0.05) is 30.8 Å². The van der Waals surface area contributed by atoms with Crippen LogP contribution in [0.2, 0.25) is 0 Å². The molecule has 0 saturated heterocycles. The van der Waals surface area contributed by atoms with Gasteiger partial charge in [0.25, 0.3) is 0 Å². The summed E-state index contributed by atoms with van der Waals surface area (Å²) < 4.78 is 5.03. The highest BCUT2D eigenvalue weighted by molar-refractivity contribution is 5.99. The van der Waals surface area contributed by atoms with Gasteiger partial charge in [-0.2, -0.15) is 0 Å². The molecule has 102 valence electrons. The number of amidine groups is 1. The van der Waals surface area contributed by atoms with Gasteiger partial charge in [-0.1, -0.05) is 29.4 Å². The first-order valence-electron chi connectivity index (χ1n) is 6.21. The first kappa shape index (κ1) is 12.4. The molecule has 2 heterocycles. The summed E-state index contributed by atoms with van der Waals surface area (Å²) >= 11 is 0. The lowest BCUT2D eigenvalue weighted by Gasteiger charge is -2.13. The zero-order valence-corrected chi connectivity index (χ0v) is 10.9. The third-order valence-electron chi connectivity index (χ3n) is 3.22. The molecule has 20 heavy (non-hydrogen) atoms. The maximum Gasteiger partial charge on any atom is 0.358 e. The van der Waals surface area contributed by atoms with E-state index in [2.05, 4.69) is 15.0 Å². The number of carboxylic acids is 1. The average molecular weight is 271 g/mol. The third-order valence-corrected chi connectivity index (χ3v) is 3.22. The quantitative estimate of drug-likeness (QED) is 0.919. The van der Waals surface area contributed by atoms with Crippen LogP contribution >= 0.6 is 0 Å². The fourth-order valence-electron chi connectivity index (χ4n) is 2.14. The van der Waals surface area contributed by atoms with E-state index in [0.717, 1.165) is 30.1 Å². The molecule has 0 bridgehead atoms. The Balaban J connectivity index is 1.87. The molecule has 0 spiro atoms. The third kappa shape index (κ3) is 2.16. The zero-order valence-electron chi connectivity index (χ0n) is 10.9. The van der Waals surface area contributed by atoms with Crippen molar-refractivity contribution < 1.29 is 14.4 Å². The van der Waals surface area contributed by atoms with Gasteiger partial charge in [0.15, 0.2) is 11.5 Å². The van der Waals surface area contributed by atoms with Crippen molar-refractivity contribution in [1.29, 1.82) is 0 Å². The van der Waals surface area contributed by atoms with Crippen LogP contribution in [0.1, 0.15) is 16.1 Å². The highest BCUT2D eigenvalue weighted by Crippen LogP contribution is 2.22. The van der Waals surface area contributed by atoms with E-state index in [4.69, 9.17) is 9.63 Å². The first-order chi connectivity index (χ1) is 9.65. The Morgan fingerprint density at radius 2 is 2.00 bits per heavy atom. The standard InChI is InChI=1S/C14H13N3O3/c1-17-7-6-15-13(17)10-4-2-9(3-5-10)12-8-11(14(18)19)16-20-12/h2-5,8H,6-7H2,1H3,(H,18,19). The second-order valence-corrected chi connectivity index (χ2v) is 4.59. The number of aromatic carboxylic acids is 1. The molecule has 1 aliphatic rings. The predicted molar refractivity (Wildman–Crippen MR) is 72.9 cm³/mol. The molecular formula is C14H13N3O3. The van der Waals surface area contributed by atoms with Gasteiger partial charge in [0.2, 0.25) is 0 Å². The molecule has 1 aliphatic heterocycles. The molecule has 3 rings (SSSR count). The Hall–Kier alpha value is -2.63. The van der Waals surface area contributed by atoms with Crippen LogP contribution in [0.3, 0.4) is 0 Å². The summed E-state index contributed by atoms with van der Waals surface area (Å²) in [4.78, 5) is 17.3. The summed E-state index contributed by atoms with van der Waals surface area (Å²) in [6.07, 6.45) is 0. The lowest BCUT2D eigenvalue weighted by atomic mass is 10.1. The van der Waals surface area contributed by atoms with Gasteiger partial charge in [-0.05, 0) is 0 Å². The van der Waals surface area contributed by atoms with Gasteiger partial charge >= 0.3 is 5.97 Å². The van der Waals surface area contributed by atoms with E-state index in [1.165, 1.54) is 6.07 Å². The maximum atomic E-state index is 10.8. The summed E-state index contributed by atoms with van der Waals surface area (Å²) in [6.45, 7) is 1.75. The minimum atomic E-state index is -1.10. The average Bonchev–Trinajstić information content (AvgIpc) is 3.07. The molecular weight excluding hydrogens is 258 g/mol. The summed E-state index contributed by atoms with van der Waals surface area (Å²) in [7, 11) is 2.01. The number of nitrogens with zero attached hydrogens (tertiary/aromatic N) is 3. The maximum absolute atomic E-state index is 10.8. The second-order valence-electron chi connectivity index (χ2n) is 4.59. The van der Waals surface area contributed by atoms with Crippen LogP contribution in [0.25, 0.3) is 11.3 Å². The molecule has 2 aromatic rings. The van der Waals surface area contributed by atoms with Crippen LogP contribution in [0.4, 0.5) is 0 Å². The predicted octanol–water partition coefficient (Wildman–Crippen LogP) is 1.73. The van der Waals surface area contributed by atoms with Gasteiger partial charge < -0.3 is 14.5 Å². The molecule has 0 unspecified atom stereocenters. The fourth-order valence-corrected chi connectivity index (χ4v) is 2.14. The monoisotopic (exact) mass is 271 g/mol. The van der Waals surface area contributed by atoms with E-state index in [9.17, 15) is 4.79 Å². The Bertz CT molecular complexity index is 673. The number of aromatic nitrogens is 1. The lowest BCUT2D eigenvalue weighted by Crippen LogP contribution is -2.23. The molecule has 0 radical (unpaired) electrons. The molecule has 0 aliphatic carbocycles. The van der Waals surface area contributed by atoms with E-state index >= 15 is 0 Å². The summed E-state index contributed by atoms with van der Waals surface area (Å²) in [5.74, 6) is 0.314. The van der Waals surface area contributed by atoms with Crippen LogP contribution in [-0.2, 0) is 0 Å². The van der Waals surface area contributed by atoms with E-state index < -0.39 is 5.97 Å². The topological polar surface area (TPSA) is 78.9 Å². The van der Waals surface area contributed by atoms with Gasteiger partial charge in [-0.15, -0.1) is 0 Å². The van der Waals surface area contributed by atoms with Crippen LogP contribution in [0.15, 0.2) is 39.8 Å². The number of carboxylic acid groups (broad SMARTS) is 1. The number of benzene rings is 1. The summed E-state index contributed by atoms with van der Waals surface area (Å²) in [6, 6.07) is 9.04. The SMILES string of the molecule is CN1CCN=C1c1ccc(-c2cc(C(=O)O)no2)cc1. The number of hydrogen-bond donors (Lipinski definition) is 1. The van der Waals surface area contributed by atoms with Crippen LogP contribution < -0.4 is 0 Å². The van der Waals surface area contributed by atoms with Crippen molar-refractivity contribution in [2.45, 2.75) is 0 Å². The highest BCUT2D eigenvalue weighted by atomic mass is 16.5. The second kappa shape index (κ2) is 4.80. The normalized spacial score (nSPS) is 14.4. The van der Waals surface area contributed by atoms with Gasteiger partial charge in [-0.3, -0.25) is 4.99 Å². The van der Waals surface area contributed by atoms with Gasteiger partial charge in [-0.25, -0.2) is 4.79 Å². The number of hydrogen-bond acceptors (Lipinski definition) is 5. The number of likely N-dealkylation sites (N-methyl/N-ethyl adjacent to an activating group) is 1. The molecule has 1 N–H and O–H groups in total. The molecule has 1 aromatic carbocycles. The highest BCUT2D eigenvalue weighted by Gasteiger charge is 2.15. The van der Waals surface area contributed by atoms with Crippen LogP contribution in [0.5, 0.6) is 0 Å². The minimum Gasteiger partial charge on any atom is -0.476 e. The van der Waals surface area contributed by atoms with Crippen molar-refractivity contribution >= 4 is 11.8 Å². The minimum absolute atomic E-state index is 0.0935. The Morgan fingerprint density at radius 1 is 1.30 bits per heavy atom. The van der Waals surface area contributed by atoms with Crippen LogP contribution in [0, 0.1) is 0 Å². The fraction of sp³-hybridized carbons (Fsp3) is 0.214. The smallest absolute Gasteiger partial charge is 0.358 e. The Morgan fingerprint density at radius 3 is 2.55 bits per heavy atom.